The number of para-hydroxylation sites is 1. The minimum Gasteiger partial charge on any atom is -0.451 e. The average Bonchev–Trinajstić information content (AvgIpc) is 2.91. The van der Waals surface area contributed by atoms with E-state index in [0.717, 1.165) is 19.5 Å². The van der Waals surface area contributed by atoms with E-state index in [2.05, 4.69) is 10.6 Å². The molecule has 0 spiro atoms. The Labute approximate surface area is 109 Å². The van der Waals surface area contributed by atoms with Crippen molar-refractivity contribution in [2.45, 2.75) is 12.5 Å². The van der Waals surface area contributed by atoms with Crippen LogP contribution in [0.25, 0.3) is 11.0 Å². The van der Waals surface area contributed by atoms with Crippen molar-refractivity contribution in [2.75, 3.05) is 13.1 Å². The van der Waals surface area contributed by atoms with Gasteiger partial charge in [0.15, 0.2) is 11.2 Å². The lowest BCUT2D eigenvalue weighted by atomic mass is 10.2. The minimum atomic E-state index is -0.337. The van der Waals surface area contributed by atoms with Gasteiger partial charge >= 0.3 is 0 Å². The van der Waals surface area contributed by atoms with Gasteiger partial charge in [-0.1, -0.05) is 12.1 Å². The van der Waals surface area contributed by atoms with Crippen LogP contribution in [0.5, 0.6) is 0 Å². The van der Waals surface area contributed by atoms with E-state index in [1.165, 1.54) is 6.07 Å². The molecule has 98 valence electrons. The molecule has 19 heavy (non-hydrogen) atoms. The normalized spacial score (nSPS) is 18.6. The third-order valence-electron chi connectivity index (χ3n) is 3.25. The Kier molecular flexibility index (Phi) is 3.05. The van der Waals surface area contributed by atoms with Crippen LogP contribution in [0.2, 0.25) is 0 Å². The van der Waals surface area contributed by atoms with Crippen molar-refractivity contribution in [2.24, 2.45) is 0 Å². The zero-order valence-electron chi connectivity index (χ0n) is 10.3. The summed E-state index contributed by atoms with van der Waals surface area (Å²) in [6, 6.07) is 8.26. The number of benzene rings is 1. The SMILES string of the molecule is O=C(N[C@@H]1CCNC1)c1cc(=O)c2ccccc2o1. The van der Waals surface area contributed by atoms with Crippen LogP contribution < -0.4 is 16.1 Å². The molecular weight excluding hydrogens is 244 g/mol. The molecule has 0 bridgehead atoms. The van der Waals surface area contributed by atoms with Gasteiger partial charge in [-0.05, 0) is 25.1 Å². The molecule has 2 N–H and O–H groups in total. The smallest absolute Gasteiger partial charge is 0.287 e. The Morgan fingerprint density at radius 1 is 1.37 bits per heavy atom. The first kappa shape index (κ1) is 11.9. The summed E-state index contributed by atoms with van der Waals surface area (Å²) in [4.78, 5) is 23.9. The Morgan fingerprint density at radius 2 is 2.21 bits per heavy atom. The highest BCUT2D eigenvalue weighted by atomic mass is 16.3. The van der Waals surface area contributed by atoms with Gasteiger partial charge in [-0.25, -0.2) is 0 Å². The maximum atomic E-state index is 12.0. The summed E-state index contributed by atoms with van der Waals surface area (Å²) >= 11 is 0. The molecule has 5 heteroatoms. The summed E-state index contributed by atoms with van der Waals surface area (Å²) in [5.74, 6) is -0.271. The highest BCUT2D eigenvalue weighted by Crippen LogP contribution is 2.12. The number of hydrogen-bond donors (Lipinski definition) is 2. The molecule has 0 unspecified atom stereocenters. The first-order valence-corrected chi connectivity index (χ1v) is 6.28. The van der Waals surface area contributed by atoms with Crippen LogP contribution in [0.3, 0.4) is 0 Å². The molecular formula is C14H14N2O3. The minimum absolute atomic E-state index is 0.0654. The Hall–Kier alpha value is -2.14. The molecule has 5 nitrogen and oxygen atoms in total. The van der Waals surface area contributed by atoms with E-state index in [9.17, 15) is 9.59 Å². The first-order valence-electron chi connectivity index (χ1n) is 6.28. The van der Waals surface area contributed by atoms with Crippen molar-refractivity contribution in [3.05, 3.63) is 46.3 Å². The first-order chi connectivity index (χ1) is 9.24. The van der Waals surface area contributed by atoms with Gasteiger partial charge in [0.25, 0.3) is 5.91 Å². The molecule has 0 aliphatic carbocycles. The number of carbonyl (C=O) groups is 1. The molecule has 1 amide bonds. The van der Waals surface area contributed by atoms with Crippen molar-refractivity contribution >= 4 is 16.9 Å². The molecule has 1 saturated heterocycles. The van der Waals surface area contributed by atoms with Crippen LogP contribution in [0.1, 0.15) is 17.0 Å². The van der Waals surface area contributed by atoms with E-state index in [1.54, 1.807) is 24.3 Å². The second kappa shape index (κ2) is 4.85. The fourth-order valence-electron chi connectivity index (χ4n) is 2.25. The summed E-state index contributed by atoms with van der Waals surface area (Å²) in [5.41, 5.74) is 0.237. The Balaban J connectivity index is 1.91. The molecule has 3 rings (SSSR count). The van der Waals surface area contributed by atoms with Gasteiger partial charge < -0.3 is 15.1 Å². The Morgan fingerprint density at radius 3 is 3.00 bits per heavy atom. The van der Waals surface area contributed by atoms with Crippen molar-refractivity contribution < 1.29 is 9.21 Å². The van der Waals surface area contributed by atoms with Crippen LogP contribution in [0.4, 0.5) is 0 Å². The summed E-state index contributed by atoms with van der Waals surface area (Å²) in [5, 5.41) is 6.50. The van der Waals surface area contributed by atoms with E-state index in [-0.39, 0.29) is 23.1 Å². The van der Waals surface area contributed by atoms with E-state index in [4.69, 9.17) is 4.42 Å². The second-order valence-electron chi connectivity index (χ2n) is 4.63. The number of fused-ring (bicyclic) bond motifs is 1. The van der Waals surface area contributed by atoms with E-state index < -0.39 is 0 Å². The molecule has 1 aromatic heterocycles. The van der Waals surface area contributed by atoms with Crippen molar-refractivity contribution in [3.63, 3.8) is 0 Å². The fraction of sp³-hybridized carbons (Fsp3) is 0.286. The fourth-order valence-corrected chi connectivity index (χ4v) is 2.25. The largest absolute Gasteiger partial charge is 0.451 e. The van der Waals surface area contributed by atoms with Crippen LogP contribution in [0.15, 0.2) is 39.5 Å². The summed E-state index contributed by atoms with van der Waals surface area (Å²) in [6.45, 7) is 1.65. The highest BCUT2D eigenvalue weighted by Gasteiger charge is 2.19. The van der Waals surface area contributed by atoms with E-state index in [0.29, 0.717) is 11.0 Å². The van der Waals surface area contributed by atoms with E-state index >= 15 is 0 Å². The van der Waals surface area contributed by atoms with Gasteiger partial charge in [0.2, 0.25) is 0 Å². The predicted octanol–water partition coefficient (Wildman–Crippen LogP) is 0.885. The summed E-state index contributed by atoms with van der Waals surface area (Å²) in [7, 11) is 0. The third-order valence-corrected chi connectivity index (χ3v) is 3.25. The van der Waals surface area contributed by atoms with Crippen LogP contribution >= 0.6 is 0 Å². The molecule has 1 aromatic carbocycles. The lowest BCUT2D eigenvalue weighted by Gasteiger charge is -2.10. The topological polar surface area (TPSA) is 71.3 Å². The summed E-state index contributed by atoms with van der Waals surface area (Å²) < 4.78 is 5.48. The lowest BCUT2D eigenvalue weighted by Crippen LogP contribution is -2.36. The third kappa shape index (κ3) is 2.37. The van der Waals surface area contributed by atoms with Crippen molar-refractivity contribution in [1.29, 1.82) is 0 Å². The van der Waals surface area contributed by atoms with Gasteiger partial charge in [-0.2, -0.15) is 0 Å². The molecule has 1 aliphatic rings. The molecule has 1 fully saturated rings. The Bertz CT molecular complexity index is 672. The quantitative estimate of drug-likeness (QED) is 0.839. The molecule has 0 radical (unpaired) electrons. The van der Waals surface area contributed by atoms with Gasteiger partial charge in [-0.15, -0.1) is 0 Å². The molecule has 1 aliphatic heterocycles. The maximum absolute atomic E-state index is 12.0. The van der Waals surface area contributed by atoms with Gasteiger partial charge in [0.1, 0.15) is 5.58 Å². The number of amides is 1. The molecule has 1 atom stereocenters. The van der Waals surface area contributed by atoms with Crippen molar-refractivity contribution in [3.8, 4) is 0 Å². The monoisotopic (exact) mass is 258 g/mol. The zero-order valence-corrected chi connectivity index (χ0v) is 10.3. The standard InChI is InChI=1S/C14H14N2O3/c17-11-7-13(14(18)16-9-5-6-15-8-9)19-12-4-2-1-3-10(11)12/h1-4,7,9,15H,5-6,8H2,(H,16,18)/t9-/m1/s1. The maximum Gasteiger partial charge on any atom is 0.287 e. The van der Waals surface area contributed by atoms with Crippen LogP contribution in [-0.2, 0) is 0 Å². The number of rotatable bonds is 2. The van der Waals surface area contributed by atoms with Gasteiger partial charge in [-0.3, -0.25) is 9.59 Å². The predicted molar refractivity (Wildman–Crippen MR) is 71.2 cm³/mol. The van der Waals surface area contributed by atoms with Gasteiger partial charge in [0, 0.05) is 18.7 Å². The zero-order chi connectivity index (χ0) is 13.2. The van der Waals surface area contributed by atoms with Gasteiger partial charge in [0.05, 0.1) is 5.39 Å². The van der Waals surface area contributed by atoms with Crippen molar-refractivity contribution in [1.82, 2.24) is 10.6 Å². The van der Waals surface area contributed by atoms with Crippen LogP contribution in [-0.4, -0.2) is 25.0 Å². The summed E-state index contributed by atoms with van der Waals surface area (Å²) in [6.07, 6.45) is 0.892. The molecule has 0 saturated carbocycles. The highest BCUT2D eigenvalue weighted by molar-refractivity contribution is 5.93. The number of hydrogen-bond acceptors (Lipinski definition) is 4. The lowest BCUT2D eigenvalue weighted by molar-refractivity contribution is 0.0912. The number of carbonyl (C=O) groups excluding carboxylic acids is 1. The van der Waals surface area contributed by atoms with E-state index in [1.807, 2.05) is 0 Å². The number of nitrogens with one attached hydrogen (secondary N) is 2. The molecule has 2 heterocycles. The van der Waals surface area contributed by atoms with Crippen LogP contribution in [0, 0.1) is 0 Å². The average molecular weight is 258 g/mol. The second-order valence-corrected chi connectivity index (χ2v) is 4.63. The molecule has 2 aromatic rings.